The largest absolute Gasteiger partial charge is 0.299 e. The van der Waals surface area contributed by atoms with Gasteiger partial charge in [-0.05, 0) is 43.5 Å². The van der Waals surface area contributed by atoms with Gasteiger partial charge in [-0.3, -0.25) is 9.69 Å². The number of carbonyl (C=O) groups is 1. The fourth-order valence-electron chi connectivity index (χ4n) is 5.10. The third-order valence-corrected chi connectivity index (χ3v) is 8.48. The molecule has 0 spiro atoms. The molecule has 3 heterocycles. The summed E-state index contributed by atoms with van der Waals surface area (Å²) < 4.78 is 29.2. The number of hydrogen-bond acceptors (Lipinski definition) is 4. The molecule has 2 aliphatic heterocycles. The SMILES string of the molecule is CC[C@@H]1CN2CCc3c(n(S(=O)(=O)c4ccc(C)cc4)c4ccccc34)[C@H]2CC1=O. The monoisotopic (exact) mass is 422 g/mol. The van der Waals surface area contributed by atoms with Crippen molar-refractivity contribution in [1.82, 2.24) is 8.87 Å². The van der Waals surface area contributed by atoms with Crippen LogP contribution in [0.25, 0.3) is 10.9 Å². The number of nitrogens with zero attached hydrogens (tertiary/aromatic N) is 2. The number of aryl methyl sites for hydroxylation is 1. The lowest BCUT2D eigenvalue weighted by Gasteiger charge is -2.42. The van der Waals surface area contributed by atoms with E-state index in [-0.39, 0.29) is 22.6 Å². The summed E-state index contributed by atoms with van der Waals surface area (Å²) in [7, 11) is -3.79. The lowest BCUT2D eigenvalue weighted by Crippen LogP contribution is -2.47. The highest BCUT2D eigenvalue weighted by atomic mass is 32.2. The van der Waals surface area contributed by atoms with Crippen molar-refractivity contribution in [1.29, 1.82) is 0 Å². The molecular formula is C24H26N2O3S. The van der Waals surface area contributed by atoms with Crippen LogP contribution in [0.2, 0.25) is 0 Å². The van der Waals surface area contributed by atoms with Crippen LogP contribution in [0.4, 0.5) is 0 Å². The first-order valence-corrected chi connectivity index (χ1v) is 12.1. The van der Waals surface area contributed by atoms with Gasteiger partial charge in [0, 0.05) is 30.8 Å². The van der Waals surface area contributed by atoms with Crippen molar-refractivity contribution in [3.05, 3.63) is 65.4 Å². The van der Waals surface area contributed by atoms with Gasteiger partial charge in [0.2, 0.25) is 0 Å². The Morgan fingerprint density at radius 3 is 2.53 bits per heavy atom. The van der Waals surface area contributed by atoms with Gasteiger partial charge in [-0.25, -0.2) is 12.4 Å². The molecule has 0 amide bonds. The summed E-state index contributed by atoms with van der Waals surface area (Å²) in [6, 6.07) is 14.5. The Labute approximate surface area is 177 Å². The molecule has 1 fully saturated rings. The first-order valence-electron chi connectivity index (χ1n) is 10.6. The van der Waals surface area contributed by atoms with E-state index in [2.05, 4.69) is 11.8 Å². The van der Waals surface area contributed by atoms with E-state index in [1.54, 1.807) is 12.1 Å². The second-order valence-corrected chi connectivity index (χ2v) is 10.3. The first-order chi connectivity index (χ1) is 14.4. The van der Waals surface area contributed by atoms with Crippen LogP contribution >= 0.6 is 0 Å². The number of benzene rings is 2. The molecule has 0 aliphatic carbocycles. The lowest BCUT2D eigenvalue weighted by molar-refractivity contribution is -0.129. The molecule has 3 aromatic rings. The zero-order valence-corrected chi connectivity index (χ0v) is 18.2. The second-order valence-electron chi connectivity index (χ2n) is 8.50. The predicted molar refractivity (Wildman–Crippen MR) is 117 cm³/mol. The summed E-state index contributed by atoms with van der Waals surface area (Å²) in [6.07, 6.45) is 2.01. The van der Waals surface area contributed by atoms with Crippen LogP contribution < -0.4 is 0 Å². The van der Waals surface area contributed by atoms with Gasteiger partial charge in [0.25, 0.3) is 10.0 Å². The fourth-order valence-corrected chi connectivity index (χ4v) is 6.70. The molecule has 0 N–H and O–H groups in total. The Morgan fingerprint density at radius 1 is 1.07 bits per heavy atom. The molecule has 2 atom stereocenters. The average Bonchev–Trinajstić information content (AvgIpc) is 3.09. The molecule has 0 unspecified atom stereocenters. The third kappa shape index (κ3) is 2.85. The Morgan fingerprint density at radius 2 is 1.80 bits per heavy atom. The highest BCUT2D eigenvalue weighted by Gasteiger charge is 2.42. The topological polar surface area (TPSA) is 59.4 Å². The van der Waals surface area contributed by atoms with Crippen molar-refractivity contribution in [2.75, 3.05) is 13.1 Å². The standard InChI is InChI=1S/C24H26N2O3S/c1-3-17-15-25-13-12-20-19-6-4-5-7-21(19)26(24(20)22(25)14-23(17)27)30(28,29)18-10-8-16(2)9-11-18/h4-11,17,22H,3,12-15H2,1-2H3/t17-,22-/m1/s1. The summed E-state index contributed by atoms with van der Waals surface area (Å²) >= 11 is 0. The van der Waals surface area contributed by atoms with Gasteiger partial charge < -0.3 is 0 Å². The minimum Gasteiger partial charge on any atom is -0.299 e. The normalized spacial score (nSPS) is 22.1. The zero-order chi connectivity index (χ0) is 21.0. The number of hydrogen-bond donors (Lipinski definition) is 0. The van der Waals surface area contributed by atoms with Crippen LogP contribution in [0.15, 0.2) is 53.4 Å². The maximum atomic E-state index is 13.8. The second kappa shape index (κ2) is 7.06. The number of aromatic nitrogens is 1. The van der Waals surface area contributed by atoms with Crippen LogP contribution in [-0.2, 0) is 21.2 Å². The number of piperidine rings is 1. The Kier molecular flexibility index (Phi) is 4.60. The molecule has 156 valence electrons. The number of para-hydroxylation sites is 1. The van der Waals surface area contributed by atoms with Gasteiger partial charge in [-0.2, -0.15) is 0 Å². The number of rotatable bonds is 3. The molecule has 0 saturated carbocycles. The fraction of sp³-hybridized carbons (Fsp3) is 0.375. The summed E-state index contributed by atoms with van der Waals surface area (Å²) in [6.45, 7) is 5.57. The number of fused-ring (bicyclic) bond motifs is 5. The van der Waals surface area contributed by atoms with Crippen LogP contribution in [-0.4, -0.2) is 36.2 Å². The summed E-state index contributed by atoms with van der Waals surface area (Å²) in [5.41, 5.74) is 3.58. The minimum absolute atomic E-state index is 0.0503. The van der Waals surface area contributed by atoms with Crippen LogP contribution in [0.1, 0.15) is 42.6 Å². The highest BCUT2D eigenvalue weighted by Crippen LogP contribution is 2.43. The molecule has 0 radical (unpaired) electrons. The molecule has 1 saturated heterocycles. The van der Waals surface area contributed by atoms with E-state index in [1.807, 2.05) is 43.3 Å². The molecule has 1 aromatic heterocycles. The Hall–Kier alpha value is -2.44. The van der Waals surface area contributed by atoms with E-state index in [4.69, 9.17) is 0 Å². The highest BCUT2D eigenvalue weighted by molar-refractivity contribution is 7.90. The smallest absolute Gasteiger partial charge is 0.268 e. The van der Waals surface area contributed by atoms with Crippen molar-refractivity contribution in [2.45, 2.75) is 44.0 Å². The van der Waals surface area contributed by atoms with E-state index in [0.717, 1.165) is 41.6 Å². The van der Waals surface area contributed by atoms with Crippen molar-refractivity contribution < 1.29 is 13.2 Å². The maximum absolute atomic E-state index is 13.8. The summed E-state index contributed by atoms with van der Waals surface area (Å²) in [5.74, 6) is 0.297. The van der Waals surface area contributed by atoms with Gasteiger partial charge in [-0.1, -0.05) is 42.8 Å². The van der Waals surface area contributed by atoms with Crippen molar-refractivity contribution in [3.63, 3.8) is 0 Å². The van der Waals surface area contributed by atoms with Crippen molar-refractivity contribution in [2.24, 2.45) is 5.92 Å². The van der Waals surface area contributed by atoms with Gasteiger partial charge in [0.05, 0.1) is 22.1 Å². The van der Waals surface area contributed by atoms with E-state index in [0.29, 0.717) is 18.5 Å². The number of carbonyl (C=O) groups excluding carboxylic acids is 1. The van der Waals surface area contributed by atoms with Gasteiger partial charge >= 0.3 is 0 Å². The maximum Gasteiger partial charge on any atom is 0.268 e. The molecule has 5 rings (SSSR count). The Bertz CT molecular complexity index is 1240. The Balaban J connectivity index is 1.75. The van der Waals surface area contributed by atoms with Gasteiger partial charge in [0.1, 0.15) is 5.78 Å². The van der Waals surface area contributed by atoms with E-state index < -0.39 is 10.0 Å². The number of Topliss-reactive ketones (excluding diaryl/α,β-unsaturated/α-hetero) is 1. The van der Waals surface area contributed by atoms with Crippen LogP contribution in [0, 0.1) is 12.8 Å². The van der Waals surface area contributed by atoms with E-state index >= 15 is 0 Å². The first kappa shape index (κ1) is 19.5. The van der Waals surface area contributed by atoms with Crippen LogP contribution in [0.3, 0.4) is 0 Å². The number of ketones is 1. The molecule has 30 heavy (non-hydrogen) atoms. The van der Waals surface area contributed by atoms with Crippen molar-refractivity contribution >= 4 is 26.7 Å². The lowest BCUT2D eigenvalue weighted by atomic mass is 9.84. The average molecular weight is 423 g/mol. The molecule has 2 aromatic carbocycles. The molecule has 5 nitrogen and oxygen atoms in total. The van der Waals surface area contributed by atoms with E-state index in [1.165, 1.54) is 3.97 Å². The summed E-state index contributed by atoms with van der Waals surface area (Å²) in [5, 5.41) is 0.980. The van der Waals surface area contributed by atoms with Gasteiger partial charge in [-0.15, -0.1) is 0 Å². The third-order valence-electron chi connectivity index (χ3n) is 6.74. The molecule has 0 bridgehead atoms. The quantitative estimate of drug-likeness (QED) is 0.638. The summed E-state index contributed by atoms with van der Waals surface area (Å²) in [4.78, 5) is 15.4. The van der Waals surface area contributed by atoms with Gasteiger partial charge in [0.15, 0.2) is 0 Å². The van der Waals surface area contributed by atoms with E-state index in [9.17, 15) is 13.2 Å². The predicted octanol–water partition coefficient (Wildman–Crippen LogP) is 4.08. The molecule has 6 heteroatoms. The minimum atomic E-state index is -3.79. The van der Waals surface area contributed by atoms with Crippen molar-refractivity contribution in [3.8, 4) is 0 Å². The zero-order valence-electron chi connectivity index (χ0n) is 17.3. The van der Waals surface area contributed by atoms with Crippen LogP contribution in [0.5, 0.6) is 0 Å². The molecular weight excluding hydrogens is 396 g/mol. The molecule has 2 aliphatic rings.